The van der Waals surface area contributed by atoms with Crippen molar-refractivity contribution < 1.29 is 4.79 Å². The van der Waals surface area contributed by atoms with E-state index in [4.69, 9.17) is 0 Å². The number of rotatable bonds is 4. The fraction of sp³-hybridized carbons (Fsp3) is 0.350. The van der Waals surface area contributed by atoms with E-state index in [1.54, 1.807) is 22.3 Å². The predicted octanol–water partition coefficient (Wildman–Crippen LogP) is 4.11. The van der Waals surface area contributed by atoms with Crippen molar-refractivity contribution in [2.75, 3.05) is 25.5 Å². The smallest absolute Gasteiger partial charge is 0.246 e. The highest BCUT2D eigenvalue weighted by atomic mass is 32.1. The summed E-state index contributed by atoms with van der Waals surface area (Å²) in [6, 6.07) is 8.56. The maximum Gasteiger partial charge on any atom is 0.246 e. The maximum absolute atomic E-state index is 12.3. The van der Waals surface area contributed by atoms with Gasteiger partial charge >= 0.3 is 0 Å². The summed E-state index contributed by atoms with van der Waals surface area (Å²) in [7, 11) is 3.99. The van der Waals surface area contributed by atoms with Crippen molar-refractivity contribution in [1.82, 2.24) is 4.90 Å². The Morgan fingerprint density at radius 3 is 2.96 bits per heavy atom. The Kier molecular flexibility index (Phi) is 5.05. The molecule has 4 heteroatoms. The molecule has 3 nitrogen and oxygen atoms in total. The molecule has 1 aliphatic heterocycles. The van der Waals surface area contributed by atoms with Crippen LogP contribution >= 0.6 is 11.3 Å². The van der Waals surface area contributed by atoms with Gasteiger partial charge in [0.15, 0.2) is 0 Å². The number of thiophene rings is 1. The standard InChI is InChI=1S/C20H24N2OS/c1-15-10-12-24-19(15)14-22(3)20(23)9-7-16-6-8-18-17(13-16)5-4-11-21(18)2/h6-10,12-13H,4-5,11,14H2,1-3H3/b9-7+. The molecule has 2 aromatic rings. The normalized spacial score (nSPS) is 14.0. The molecule has 1 aromatic carbocycles. The first kappa shape index (κ1) is 16.8. The third-order valence-corrected chi connectivity index (χ3v) is 5.61. The lowest BCUT2D eigenvalue weighted by atomic mass is 9.99. The van der Waals surface area contributed by atoms with Gasteiger partial charge in [0.25, 0.3) is 0 Å². The second kappa shape index (κ2) is 7.22. The Morgan fingerprint density at radius 1 is 1.38 bits per heavy atom. The molecule has 3 rings (SSSR count). The molecule has 0 N–H and O–H groups in total. The van der Waals surface area contributed by atoms with Crippen molar-refractivity contribution in [3.63, 3.8) is 0 Å². The Labute approximate surface area is 148 Å². The highest BCUT2D eigenvalue weighted by molar-refractivity contribution is 7.10. The van der Waals surface area contributed by atoms with Crippen LogP contribution in [0, 0.1) is 6.92 Å². The Balaban J connectivity index is 1.66. The van der Waals surface area contributed by atoms with E-state index in [9.17, 15) is 4.79 Å². The Bertz CT molecular complexity index is 763. The molecule has 0 saturated carbocycles. The average Bonchev–Trinajstić information content (AvgIpc) is 2.97. The molecule has 0 saturated heterocycles. The summed E-state index contributed by atoms with van der Waals surface area (Å²) in [4.78, 5) is 17.6. The first-order valence-electron chi connectivity index (χ1n) is 8.35. The number of likely N-dealkylation sites (N-methyl/N-ethyl adjacent to an activating group) is 1. The summed E-state index contributed by atoms with van der Waals surface area (Å²) in [5.74, 6) is 0.0395. The van der Waals surface area contributed by atoms with E-state index in [0.29, 0.717) is 6.54 Å². The van der Waals surface area contributed by atoms with Gasteiger partial charge in [-0.05, 0) is 66.1 Å². The van der Waals surface area contributed by atoms with Gasteiger partial charge in [-0.3, -0.25) is 4.79 Å². The predicted molar refractivity (Wildman–Crippen MR) is 103 cm³/mol. The molecule has 126 valence electrons. The molecule has 0 aliphatic carbocycles. The second-order valence-electron chi connectivity index (χ2n) is 6.47. The number of amides is 1. The van der Waals surface area contributed by atoms with Crippen LogP contribution < -0.4 is 4.90 Å². The number of hydrogen-bond acceptors (Lipinski definition) is 3. The summed E-state index contributed by atoms with van der Waals surface area (Å²) in [6.45, 7) is 3.87. The molecule has 1 amide bonds. The molecule has 1 aromatic heterocycles. The van der Waals surface area contributed by atoms with Gasteiger partial charge in [0.1, 0.15) is 0 Å². The molecule has 0 bridgehead atoms. The Hall–Kier alpha value is -2.07. The highest BCUT2D eigenvalue weighted by Crippen LogP contribution is 2.27. The van der Waals surface area contributed by atoms with Gasteiger partial charge in [-0.2, -0.15) is 0 Å². The van der Waals surface area contributed by atoms with E-state index in [1.807, 2.05) is 13.1 Å². The molecule has 0 unspecified atom stereocenters. The summed E-state index contributed by atoms with van der Waals surface area (Å²) in [5, 5.41) is 2.07. The van der Waals surface area contributed by atoms with Crippen molar-refractivity contribution in [1.29, 1.82) is 0 Å². The summed E-state index contributed by atoms with van der Waals surface area (Å²) >= 11 is 1.70. The van der Waals surface area contributed by atoms with E-state index >= 15 is 0 Å². The van der Waals surface area contributed by atoms with Gasteiger partial charge in [-0.1, -0.05) is 6.07 Å². The lowest BCUT2D eigenvalue weighted by Gasteiger charge is -2.27. The topological polar surface area (TPSA) is 23.6 Å². The SMILES string of the molecule is Cc1ccsc1CN(C)C(=O)/C=C/c1ccc2c(c1)CCCN2C. The lowest BCUT2D eigenvalue weighted by Crippen LogP contribution is -2.24. The van der Waals surface area contributed by atoms with Crippen LogP contribution in [0.15, 0.2) is 35.7 Å². The fourth-order valence-electron chi connectivity index (χ4n) is 3.06. The zero-order valence-electron chi connectivity index (χ0n) is 14.6. The van der Waals surface area contributed by atoms with Gasteiger partial charge in [-0.25, -0.2) is 0 Å². The molecular weight excluding hydrogens is 316 g/mol. The number of anilines is 1. The molecule has 2 heterocycles. The van der Waals surface area contributed by atoms with Crippen molar-refractivity contribution in [2.24, 2.45) is 0 Å². The minimum absolute atomic E-state index is 0.0395. The van der Waals surface area contributed by atoms with Gasteiger partial charge in [0, 0.05) is 37.3 Å². The van der Waals surface area contributed by atoms with E-state index in [0.717, 1.165) is 18.5 Å². The Morgan fingerprint density at radius 2 is 2.21 bits per heavy atom. The number of aryl methyl sites for hydroxylation is 2. The fourth-order valence-corrected chi connectivity index (χ4v) is 4.02. The minimum Gasteiger partial charge on any atom is -0.374 e. The van der Waals surface area contributed by atoms with Gasteiger partial charge in [-0.15, -0.1) is 11.3 Å². The van der Waals surface area contributed by atoms with Crippen LogP contribution in [0.5, 0.6) is 0 Å². The average molecular weight is 340 g/mol. The van der Waals surface area contributed by atoms with Crippen LogP contribution in [0.4, 0.5) is 5.69 Å². The molecule has 0 spiro atoms. The van der Waals surface area contributed by atoms with Crippen molar-refractivity contribution in [2.45, 2.75) is 26.3 Å². The van der Waals surface area contributed by atoms with Crippen LogP contribution in [0.1, 0.15) is 28.0 Å². The molecule has 0 fully saturated rings. The first-order chi connectivity index (χ1) is 11.5. The molecular formula is C20H24N2OS. The number of hydrogen-bond donors (Lipinski definition) is 0. The summed E-state index contributed by atoms with van der Waals surface area (Å²) < 4.78 is 0. The van der Waals surface area contributed by atoms with Gasteiger partial charge in [0.2, 0.25) is 5.91 Å². The third kappa shape index (κ3) is 3.70. The quantitative estimate of drug-likeness (QED) is 0.782. The van der Waals surface area contributed by atoms with Crippen molar-refractivity contribution in [3.05, 3.63) is 57.3 Å². The largest absolute Gasteiger partial charge is 0.374 e. The maximum atomic E-state index is 12.3. The highest BCUT2D eigenvalue weighted by Gasteiger charge is 2.13. The first-order valence-corrected chi connectivity index (χ1v) is 9.23. The zero-order valence-corrected chi connectivity index (χ0v) is 15.4. The lowest BCUT2D eigenvalue weighted by molar-refractivity contribution is -0.125. The summed E-state index contributed by atoms with van der Waals surface area (Å²) in [6.07, 6.45) is 5.91. The van der Waals surface area contributed by atoms with E-state index in [1.165, 1.54) is 28.1 Å². The number of nitrogens with zero attached hydrogens (tertiary/aromatic N) is 2. The zero-order chi connectivity index (χ0) is 17.1. The number of carbonyl (C=O) groups excluding carboxylic acids is 1. The van der Waals surface area contributed by atoms with E-state index in [2.05, 4.69) is 48.5 Å². The van der Waals surface area contributed by atoms with Gasteiger partial charge < -0.3 is 9.80 Å². The van der Waals surface area contributed by atoms with Crippen molar-refractivity contribution in [3.8, 4) is 0 Å². The van der Waals surface area contributed by atoms with Crippen LogP contribution in [0.3, 0.4) is 0 Å². The number of benzene rings is 1. The molecule has 1 aliphatic rings. The number of carbonyl (C=O) groups is 1. The van der Waals surface area contributed by atoms with Crippen LogP contribution in [-0.2, 0) is 17.8 Å². The minimum atomic E-state index is 0.0395. The molecule has 24 heavy (non-hydrogen) atoms. The van der Waals surface area contributed by atoms with Crippen LogP contribution in [0.2, 0.25) is 0 Å². The monoisotopic (exact) mass is 340 g/mol. The van der Waals surface area contributed by atoms with E-state index < -0.39 is 0 Å². The summed E-state index contributed by atoms with van der Waals surface area (Å²) in [5.41, 5.74) is 5.04. The van der Waals surface area contributed by atoms with Crippen LogP contribution in [0.25, 0.3) is 6.08 Å². The molecule has 0 atom stereocenters. The van der Waals surface area contributed by atoms with E-state index in [-0.39, 0.29) is 5.91 Å². The number of fused-ring (bicyclic) bond motifs is 1. The van der Waals surface area contributed by atoms with Crippen molar-refractivity contribution >= 4 is 29.0 Å². The second-order valence-corrected chi connectivity index (χ2v) is 7.47. The third-order valence-electron chi connectivity index (χ3n) is 4.60. The van der Waals surface area contributed by atoms with Crippen LogP contribution in [-0.4, -0.2) is 31.4 Å². The molecule has 0 radical (unpaired) electrons. The van der Waals surface area contributed by atoms with Gasteiger partial charge in [0.05, 0.1) is 6.54 Å².